The summed E-state index contributed by atoms with van der Waals surface area (Å²) in [5.74, 6) is -0.458. The number of rotatable bonds is 5. The zero-order valence-electron chi connectivity index (χ0n) is 10.0. The van der Waals surface area contributed by atoms with E-state index in [4.69, 9.17) is 5.11 Å². The van der Waals surface area contributed by atoms with Crippen LogP contribution in [0.15, 0.2) is 6.20 Å². The molecule has 1 atom stereocenters. The van der Waals surface area contributed by atoms with Gasteiger partial charge in [-0.1, -0.05) is 12.1 Å². The van der Waals surface area contributed by atoms with Crippen molar-refractivity contribution in [1.29, 1.82) is 0 Å². The number of likely N-dealkylation sites (tertiary alicyclic amines) is 1. The number of aromatic carboxylic acids is 1. The van der Waals surface area contributed by atoms with Crippen LogP contribution in [0.5, 0.6) is 0 Å². The van der Waals surface area contributed by atoms with Gasteiger partial charge in [0, 0.05) is 13.1 Å². The average molecular weight is 238 g/mol. The molecule has 0 aliphatic carbocycles. The molecule has 2 rings (SSSR count). The van der Waals surface area contributed by atoms with E-state index in [2.05, 4.69) is 22.1 Å². The number of hydrogen-bond donors (Lipinski definition) is 1. The Morgan fingerprint density at radius 2 is 2.47 bits per heavy atom. The second kappa shape index (κ2) is 5.27. The van der Waals surface area contributed by atoms with Crippen molar-refractivity contribution in [2.75, 3.05) is 19.6 Å². The van der Waals surface area contributed by atoms with Crippen LogP contribution >= 0.6 is 0 Å². The van der Waals surface area contributed by atoms with Gasteiger partial charge in [0.25, 0.3) is 0 Å². The fourth-order valence-corrected chi connectivity index (χ4v) is 2.33. The Morgan fingerprint density at radius 3 is 3.12 bits per heavy atom. The van der Waals surface area contributed by atoms with Gasteiger partial charge in [0.1, 0.15) is 0 Å². The highest BCUT2D eigenvalue weighted by atomic mass is 16.4. The van der Waals surface area contributed by atoms with Crippen LogP contribution in [0.3, 0.4) is 0 Å². The Kier molecular flexibility index (Phi) is 3.73. The first-order valence-corrected chi connectivity index (χ1v) is 6.04. The Balaban J connectivity index is 1.87. The van der Waals surface area contributed by atoms with Crippen LogP contribution in [0.25, 0.3) is 0 Å². The van der Waals surface area contributed by atoms with Crippen molar-refractivity contribution >= 4 is 5.97 Å². The van der Waals surface area contributed by atoms with Gasteiger partial charge < -0.3 is 10.0 Å². The number of aromatic nitrogens is 3. The summed E-state index contributed by atoms with van der Waals surface area (Å²) < 4.78 is 1.64. The maximum atomic E-state index is 10.7. The number of nitrogens with zero attached hydrogens (tertiary/aromatic N) is 4. The molecule has 1 aliphatic heterocycles. The molecule has 6 nitrogen and oxygen atoms in total. The van der Waals surface area contributed by atoms with Crippen LogP contribution in [0.4, 0.5) is 0 Å². The topological polar surface area (TPSA) is 71.2 Å². The van der Waals surface area contributed by atoms with Crippen LogP contribution < -0.4 is 0 Å². The minimum atomic E-state index is -1.02. The Hall–Kier alpha value is -1.43. The smallest absolute Gasteiger partial charge is 0.358 e. The van der Waals surface area contributed by atoms with E-state index in [0.29, 0.717) is 5.92 Å². The number of hydrogen-bond acceptors (Lipinski definition) is 4. The van der Waals surface area contributed by atoms with Crippen LogP contribution in [-0.4, -0.2) is 50.6 Å². The largest absolute Gasteiger partial charge is 0.476 e. The molecule has 2 heterocycles. The molecular formula is C11H18N4O2. The molecular weight excluding hydrogens is 220 g/mol. The molecule has 1 aromatic heterocycles. The maximum absolute atomic E-state index is 10.7. The third-order valence-corrected chi connectivity index (χ3v) is 3.11. The molecule has 1 fully saturated rings. The van der Waals surface area contributed by atoms with E-state index in [1.165, 1.54) is 12.6 Å². The third-order valence-electron chi connectivity index (χ3n) is 3.11. The standard InChI is InChI=1S/C11H18N4O2/c1-2-4-14-5-3-9(6-14)7-15-8-10(11(16)17)12-13-15/h8-9H,2-7H2,1H3,(H,16,17)/t9-/m0/s1. The second-order valence-electron chi connectivity index (χ2n) is 4.59. The molecule has 1 saturated heterocycles. The Morgan fingerprint density at radius 1 is 1.65 bits per heavy atom. The molecule has 94 valence electrons. The van der Waals surface area contributed by atoms with Gasteiger partial charge in [0.05, 0.1) is 6.20 Å². The molecule has 0 radical (unpaired) electrons. The van der Waals surface area contributed by atoms with Crippen molar-refractivity contribution in [2.24, 2.45) is 5.92 Å². The summed E-state index contributed by atoms with van der Waals surface area (Å²) in [6.07, 6.45) is 3.84. The lowest BCUT2D eigenvalue weighted by atomic mass is 10.1. The lowest BCUT2D eigenvalue weighted by Gasteiger charge is -2.14. The van der Waals surface area contributed by atoms with Gasteiger partial charge in [-0.05, 0) is 31.8 Å². The molecule has 17 heavy (non-hydrogen) atoms. The highest BCUT2D eigenvalue weighted by Crippen LogP contribution is 2.17. The Labute approximate surface area is 100 Å². The third kappa shape index (κ3) is 3.03. The van der Waals surface area contributed by atoms with Gasteiger partial charge in [0.2, 0.25) is 0 Å². The summed E-state index contributed by atoms with van der Waals surface area (Å²) in [5.41, 5.74) is 0.0217. The molecule has 0 bridgehead atoms. The SMILES string of the molecule is CCCN1CC[C@H](Cn2cc(C(=O)O)nn2)C1. The lowest BCUT2D eigenvalue weighted by Crippen LogP contribution is -2.22. The van der Waals surface area contributed by atoms with E-state index in [1.54, 1.807) is 4.68 Å². The highest BCUT2D eigenvalue weighted by Gasteiger charge is 2.22. The summed E-state index contributed by atoms with van der Waals surface area (Å²) in [4.78, 5) is 13.1. The summed E-state index contributed by atoms with van der Waals surface area (Å²) in [5, 5.41) is 16.2. The van der Waals surface area contributed by atoms with Crippen molar-refractivity contribution in [1.82, 2.24) is 19.9 Å². The molecule has 0 saturated carbocycles. The van der Waals surface area contributed by atoms with Crippen LogP contribution in [0.2, 0.25) is 0 Å². The monoisotopic (exact) mass is 238 g/mol. The highest BCUT2D eigenvalue weighted by molar-refractivity contribution is 5.84. The van der Waals surface area contributed by atoms with Crippen molar-refractivity contribution in [3.05, 3.63) is 11.9 Å². The van der Waals surface area contributed by atoms with E-state index in [0.717, 1.165) is 32.6 Å². The number of carboxylic acid groups (broad SMARTS) is 1. The van der Waals surface area contributed by atoms with Gasteiger partial charge in [-0.3, -0.25) is 4.68 Å². The van der Waals surface area contributed by atoms with Crippen molar-refractivity contribution in [3.8, 4) is 0 Å². The first-order chi connectivity index (χ1) is 8.19. The summed E-state index contributed by atoms with van der Waals surface area (Å²) in [7, 11) is 0. The van der Waals surface area contributed by atoms with Crippen molar-refractivity contribution in [3.63, 3.8) is 0 Å². The number of carbonyl (C=O) groups is 1. The zero-order valence-corrected chi connectivity index (χ0v) is 10.0. The van der Waals surface area contributed by atoms with Gasteiger partial charge >= 0.3 is 5.97 Å². The minimum Gasteiger partial charge on any atom is -0.476 e. The fourth-order valence-electron chi connectivity index (χ4n) is 2.33. The normalized spacial score (nSPS) is 20.9. The predicted octanol–water partition coefficient (Wildman–Crippen LogP) is 0.708. The lowest BCUT2D eigenvalue weighted by molar-refractivity contribution is 0.0690. The molecule has 0 unspecified atom stereocenters. The Bertz CT molecular complexity index is 391. The molecule has 1 aliphatic rings. The fraction of sp³-hybridized carbons (Fsp3) is 0.727. The van der Waals surface area contributed by atoms with Gasteiger partial charge in [-0.25, -0.2) is 4.79 Å². The minimum absolute atomic E-state index is 0.0217. The molecule has 1 N–H and O–H groups in total. The molecule has 0 spiro atoms. The molecule has 0 aromatic carbocycles. The van der Waals surface area contributed by atoms with E-state index >= 15 is 0 Å². The first-order valence-electron chi connectivity index (χ1n) is 6.04. The van der Waals surface area contributed by atoms with Crippen LogP contribution in [0, 0.1) is 5.92 Å². The van der Waals surface area contributed by atoms with E-state index in [1.807, 2.05) is 0 Å². The average Bonchev–Trinajstić information content (AvgIpc) is 2.89. The van der Waals surface area contributed by atoms with Crippen LogP contribution in [0.1, 0.15) is 30.3 Å². The van der Waals surface area contributed by atoms with Gasteiger partial charge in [0.15, 0.2) is 5.69 Å². The zero-order chi connectivity index (χ0) is 12.3. The quantitative estimate of drug-likeness (QED) is 0.818. The molecule has 6 heteroatoms. The molecule has 1 aromatic rings. The van der Waals surface area contributed by atoms with Gasteiger partial charge in [-0.2, -0.15) is 0 Å². The van der Waals surface area contributed by atoms with Crippen molar-refractivity contribution in [2.45, 2.75) is 26.3 Å². The summed E-state index contributed by atoms with van der Waals surface area (Å²) >= 11 is 0. The van der Waals surface area contributed by atoms with Crippen LogP contribution in [-0.2, 0) is 6.54 Å². The van der Waals surface area contributed by atoms with E-state index in [9.17, 15) is 4.79 Å². The molecule has 0 amide bonds. The van der Waals surface area contributed by atoms with Crippen molar-refractivity contribution < 1.29 is 9.90 Å². The second-order valence-corrected chi connectivity index (χ2v) is 4.59. The predicted molar refractivity (Wildman–Crippen MR) is 61.8 cm³/mol. The van der Waals surface area contributed by atoms with Gasteiger partial charge in [-0.15, -0.1) is 5.10 Å². The maximum Gasteiger partial charge on any atom is 0.358 e. The van der Waals surface area contributed by atoms with E-state index < -0.39 is 5.97 Å². The summed E-state index contributed by atoms with van der Waals surface area (Å²) in [6, 6.07) is 0. The first kappa shape index (κ1) is 12.0. The van der Waals surface area contributed by atoms with E-state index in [-0.39, 0.29) is 5.69 Å². The number of carboxylic acids is 1. The summed E-state index contributed by atoms with van der Waals surface area (Å²) in [6.45, 7) is 6.31.